The number of rotatable bonds is 3. The van der Waals surface area contributed by atoms with Crippen LogP contribution in [0.25, 0.3) is 10.2 Å². The summed E-state index contributed by atoms with van der Waals surface area (Å²) in [7, 11) is 0. The molecule has 0 unspecified atom stereocenters. The minimum atomic E-state index is -0.162. The van der Waals surface area contributed by atoms with Gasteiger partial charge < -0.3 is 15.0 Å². The van der Waals surface area contributed by atoms with Crippen LogP contribution in [0.2, 0.25) is 5.02 Å². The fourth-order valence-corrected chi connectivity index (χ4v) is 3.86. The number of thiazole rings is 1. The maximum Gasteiger partial charge on any atom is 0.255 e. The van der Waals surface area contributed by atoms with Gasteiger partial charge in [0.05, 0.1) is 39.7 Å². The zero-order valence-electron chi connectivity index (χ0n) is 13.4. The van der Waals surface area contributed by atoms with Crippen molar-refractivity contribution < 1.29 is 9.53 Å². The van der Waals surface area contributed by atoms with Crippen LogP contribution in [0.4, 0.5) is 11.4 Å². The predicted molar refractivity (Wildman–Crippen MR) is 102 cm³/mol. The second-order valence-electron chi connectivity index (χ2n) is 5.75. The molecule has 7 heteroatoms. The summed E-state index contributed by atoms with van der Waals surface area (Å²) in [6, 6.07) is 11.1. The van der Waals surface area contributed by atoms with Gasteiger partial charge >= 0.3 is 0 Å². The van der Waals surface area contributed by atoms with Gasteiger partial charge in [-0.15, -0.1) is 11.3 Å². The number of carbonyl (C=O) groups excluding carboxylic acids is 1. The van der Waals surface area contributed by atoms with Crippen molar-refractivity contribution >= 4 is 50.4 Å². The molecule has 2 heterocycles. The zero-order valence-corrected chi connectivity index (χ0v) is 14.9. The summed E-state index contributed by atoms with van der Waals surface area (Å²) in [4.78, 5) is 18.9. The molecule has 0 atom stereocenters. The summed E-state index contributed by atoms with van der Waals surface area (Å²) >= 11 is 7.93. The Labute approximate surface area is 154 Å². The summed E-state index contributed by atoms with van der Waals surface area (Å²) in [5.41, 5.74) is 4.92. The first-order valence-electron chi connectivity index (χ1n) is 7.97. The zero-order chi connectivity index (χ0) is 17.2. The maximum absolute atomic E-state index is 12.5. The Morgan fingerprint density at radius 1 is 1.20 bits per heavy atom. The fraction of sp³-hybridized carbons (Fsp3) is 0.222. The van der Waals surface area contributed by atoms with E-state index >= 15 is 0 Å². The maximum atomic E-state index is 12.5. The Bertz CT molecular complexity index is 922. The number of halogens is 1. The minimum Gasteiger partial charge on any atom is -0.378 e. The van der Waals surface area contributed by atoms with Gasteiger partial charge in [0.2, 0.25) is 0 Å². The fourth-order valence-electron chi connectivity index (χ4n) is 2.84. The standard InChI is InChI=1S/C18H16ClN3O2S/c19-14-10-13(2-4-16(14)22-5-7-24-8-6-22)21-18(23)12-1-3-15-17(9-12)25-11-20-15/h1-4,9-11H,5-8H2,(H,21,23). The molecule has 2 aromatic carbocycles. The van der Waals surface area contributed by atoms with Gasteiger partial charge in [-0.3, -0.25) is 4.79 Å². The first kappa shape index (κ1) is 16.3. The number of anilines is 2. The van der Waals surface area contributed by atoms with Crippen molar-refractivity contribution in [3.05, 3.63) is 52.5 Å². The van der Waals surface area contributed by atoms with Gasteiger partial charge in [0.25, 0.3) is 5.91 Å². The van der Waals surface area contributed by atoms with E-state index in [0.29, 0.717) is 29.5 Å². The van der Waals surface area contributed by atoms with Gasteiger partial charge in [-0.25, -0.2) is 4.98 Å². The lowest BCUT2D eigenvalue weighted by Crippen LogP contribution is -2.36. The average molecular weight is 374 g/mol. The normalized spacial score (nSPS) is 14.7. The lowest BCUT2D eigenvalue weighted by molar-refractivity contribution is 0.102. The van der Waals surface area contributed by atoms with E-state index in [1.807, 2.05) is 24.3 Å². The number of ether oxygens (including phenoxy) is 1. The van der Waals surface area contributed by atoms with Crippen LogP contribution < -0.4 is 10.2 Å². The van der Waals surface area contributed by atoms with Crippen molar-refractivity contribution in [3.63, 3.8) is 0 Å². The number of amides is 1. The molecule has 0 saturated carbocycles. The number of carbonyl (C=O) groups is 1. The van der Waals surface area contributed by atoms with E-state index in [9.17, 15) is 4.79 Å². The van der Waals surface area contributed by atoms with Crippen molar-refractivity contribution in [2.45, 2.75) is 0 Å². The number of hydrogen-bond donors (Lipinski definition) is 1. The first-order chi connectivity index (χ1) is 12.2. The topological polar surface area (TPSA) is 54.5 Å². The van der Waals surface area contributed by atoms with Gasteiger partial charge in [0, 0.05) is 24.3 Å². The second kappa shape index (κ2) is 7.00. The van der Waals surface area contributed by atoms with Crippen LogP contribution in [0.1, 0.15) is 10.4 Å². The molecule has 1 saturated heterocycles. The largest absolute Gasteiger partial charge is 0.378 e. The molecule has 1 amide bonds. The van der Waals surface area contributed by atoms with Crippen LogP contribution >= 0.6 is 22.9 Å². The van der Waals surface area contributed by atoms with E-state index < -0.39 is 0 Å². The first-order valence-corrected chi connectivity index (χ1v) is 9.23. The lowest BCUT2D eigenvalue weighted by atomic mass is 10.2. The number of morpholine rings is 1. The van der Waals surface area contributed by atoms with Crippen molar-refractivity contribution in [1.82, 2.24) is 4.98 Å². The Kier molecular flexibility index (Phi) is 4.57. The summed E-state index contributed by atoms with van der Waals surface area (Å²) in [5, 5.41) is 3.53. The molecule has 0 spiro atoms. The predicted octanol–water partition coefficient (Wildman–Crippen LogP) is 4.04. The summed E-state index contributed by atoms with van der Waals surface area (Å²) < 4.78 is 6.36. The highest BCUT2D eigenvalue weighted by molar-refractivity contribution is 7.16. The summed E-state index contributed by atoms with van der Waals surface area (Å²) in [6.07, 6.45) is 0. The van der Waals surface area contributed by atoms with Crippen molar-refractivity contribution in [3.8, 4) is 0 Å². The monoisotopic (exact) mass is 373 g/mol. The van der Waals surface area contributed by atoms with Crippen LogP contribution in [0.15, 0.2) is 41.9 Å². The van der Waals surface area contributed by atoms with Crippen LogP contribution in [0, 0.1) is 0 Å². The molecule has 3 aromatic rings. The number of aromatic nitrogens is 1. The third kappa shape index (κ3) is 3.46. The third-order valence-electron chi connectivity index (χ3n) is 4.15. The molecular formula is C18H16ClN3O2S. The van der Waals surface area contributed by atoms with Gasteiger partial charge in [0.1, 0.15) is 0 Å². The lowest BCUT2D eigenvalue weighted by Gasteiger charge is -2.29. The Morgan fingerprint density at radius 2 is 2.04 bits per heavy atom. The molecule has 1 N–H and O–H groups in total. The van der Waals surface area contributed by atoms with E-state index in [4.69, 9.17) is 16.3 Å². The van der Waals surface area contributed by atoms with E-state index in [1.165, 1.54) is 11.3 Å². The number of benzene rings is 2. The minimum absolute atomic E-state index is 0.162. The van der Waals surface area contributed by atoms with Gasteiger partial charge in [-0.1, -0.05) is 11.6 Å². The number of fused-ring (bicyclic) bond motifs is 1. The second-order valence-corrected chi connectivity index (χ2v) is 7.05. The molecule has 0 aliphatic carbocycles. The van der Waals surface area contributed by atoms with Gasteiger partial charge in [-0.2, -0.15) is 0 Å². The molecule has 1 aliphatic heterocycles. The number of nitrogens with one attached hydrogen (secondary N) is 1. The molecule has 128 valence electrons. The van der Waals surface area contributed by atoms with E-state index in [2.05, 4.69) is 15.2 Å². The average Bonchev–Trinajstić information content (AvgIpc) is 3.10. The Balaban J connectivity index is 1.51. The smallest absolute Gasteiger partial charge is 0.255 e. The number of hydrogen-bond acceptors (Lipinski definition) is 5. The van der Waals surface area contributed by atoms with E-state index in [0.717, 1.165) is 29.0 Å². The molecule has 4 rings (SSSR count). The van der Waals surface area contributed by atoms with Crippen LogP contribution in [0.5, 0.6) is 0 Å². The summed E-state index contributed by atoms with van der Waals surface area (Å²) in [6.45, 7) is 3.05. The summed E-state index contributed by atoms with van der Waals surface area (Å²) in [5.74, 6) is -0.162. The van der Waals surface area contributed by atoms with Crippen molar-refractivity contribution in [1.29, 1.82) is 0 Å². The third-order valence-corrected chi connectivity index (χ3v) is 5.25. The van der Waals surface area contributed by atoms with Crippen molar-refractivity contribution in [2.24, 2.45) is 0 Å². The molecule has 0 radical (unpaired) electrons. The number of nitrogens with zero attached hydrogens (tertiary/aromatic N) is 2. The molecule has 0 bridgehead atoms. The van der Waals surface area contributed by atoms with Crippen LogP contribution in [-0.2, 0) is 4.74 Å². The molecular weight excluding hydrogens is 358 g/mol. The highest BCUT2D eigenvalue weighted by atomic mass is 35.5. The highest BCUT2D eigenvalue weighted by Crippen LogP contribution is 2.30. The molecule has 25 heavy (non-hydrogen) atoms. The SMILES string of the molecule is O=C(Nc1ccc(N2CCOCC2)c(Cl)c1)c1ccc2ncsc2c1. The Hall–Kier alpha value is -2.15. The van der Waals surface area contributed by atoms with Crippen LogP contribution in [0.3, 0.4) is 0 Å². The highest BCUT2D eigenvalue weighted by Gasteiger charge is 2.15. The van der Waals surface area contributed by atoms with Crippen molar-refractivity contribution in [2.75, 3.05) is 36.5 Å². The molecule has 1 fully saturated rings. The Morgan fingerprint density at radius 3 is 2.84 bits per heavy atom. The van der Waals surface area contributed by atoms with Crippen LogP contribution in [-0.4, -0.2) is 37.2 Å². The quantitative estimate of drug-likeness (QED) is 0.752. The van der Waals surface area contributed by atoms with Gasteiger partial charge in [-0.05, 0) is 36.4 Å². The molecule has 5 nitrogen and oxygen atoms in total. The van der Waals surface area contributed by atoms with E-state index in [-0.39, 0.29) is 5.91 Å². The molecule has 1 aromatic heterocycles. The molecule has 1 aliphatic rings. The van der Waals surface area contributed by atoms with E-state index in [1.54, 1.807) is 17.6 Å². The van der Waals surface area contributed by atoms with Gasteiger partial charge in [0.15, 0.2) is 0 Å².